The van der Waals surface area contributed by atoms with E-state index in [0.717, 1.165) is 22.3 Å². The molecule has 1 N–H and O–H groups in total. The van der Waals surface area contributed by atoms with Crippen molar-refractivity contribution in [2.45, 2.75) is 58.7 Å². The maximum Gasteiger partial charge on any atom is 0.522 e. The van der Waals surface area contributed by atoms with Crippen molar-refractivity contribution in [3.8, 4) is 11.8 Å². The summed E-state index contributed by atoms with van der Waals surface area (Å²) in [4.78, 5) is 40.2. The Labute approximate surface area is 197 Å². The van der Waals surface area contributed by atoms with Gasteiger partial charge in [-0.1, -0.05) is 5.92 Å². The van der Waals surface area contributed by atoms with E-state index >= 15 is 0 Å². The number of hydrogen-bond acceptors (Lipinski definition) is 4. The minimum absolute atomic E-state index is 0.0982. The Morgan fingerprint density at radius 1 is 1.15 bits per heavy atom. The SMILES string of the molecule is CC#Cc1cc(C)c(C2C(=O)CC3(CCN(C(=O)NCCOC(F)(F)F)CC3)CC2=O)c(C)c1. The number of aryl methyl sites for hydroxylation is 2. The Kier molecular flexibility index (Phi) is 7.71. The fraction of sp³-hybridized carbons (Fsp3) is 0.560. The van der Waals surface area contributed by atoms with Gasteiger partial charge in [-0.05, 0) is 67.9 Å². The molecule has 1 saturated carbocycles. The zero-order chi connectivity index (χ0) is 25.1. The average molecular weight is 479 g/mol. The normalized spacial score (nSPS) is 18.6. The van der Waals surface area contributed by atoms with Crippen molar-refractivity contribution >= 4 is 17.6 Å². The predicted octanol–water partition coefficient (Wildman–Crippen LogP) is 4.02. The summed E-state index contributed by atoms with van der Waals surface area (Å²) in [5, 5.41) is 2.41. The van der Waals surface area contributed by atoms with Crippen LogP contribution in [0.2, 0.25) is 0 Å². The lowest BCUT2D eigenvalue weighted by Gasteiger charge is -2.44. The lowest BCUT2D eigenvalue weighted by atomic mass is 9.62. The maximum absolute atomic E-state index is 13.2. The van der Waals surface area contributed by atoms with Gasteiger partial charge in [-0.25, -0.2) is 4.79 Å². The zero-order valence-electron chi connectivity index (χ0n) is 19.6. The molecular formula is C25H29F3N2O4. The van der Waals surface area contributed by atoms with Crippen molar-refractivity contribution < 1.29 is 32.3 Å². The third-order valence-corrected chi connectivity index (χ3v) is 6.65. The third-order valence-electron chi connectivity index (χ3n) is 6.65. The largest absolute Gasteiger partial charge is 0.522 e. The van der Waals surface area contributed by atoms with Crippen molar-refractivity contribution in [1.29, 1.82) is 0 Å². The van der Waals surface area contributed by atoms with Gasteiger partial charge in [0.1, 0.15) is 17.5 Å². The van der Waals surface area contributed by atoms with Crippen LogP contribution in [0.3, 0.4) is 0 Å². The van der Waals surface area contributed by atoms with Crippen LogP contribution < -0.4 is 5.32 Å². The number of halogens is 3. The second-order valence-corrected chi connectivity index (χ2v) is 9.13. The van der Waals surface area contributed by atoms with Gasteiger partial charge >= 0.3 is 12.4 Å². The van der Waals surface area contributed by atoms with E-state index in [1.807, 2.05) is 26.0 Å². The van der Waals surface area contributed by atoms with Crippen molar-refractivity contribution in [3.05, 3.63) is 34.4 Å². The molecule has 0 aromatic heterocycles. The van der Waals surface area contributed by atoms with Crippen LogP contribution in [0.4, 0.5) is 18.0 Å². The molecule has 0 atom stereocenters. The number of ether oxygens (including phenoxy) is 1. The number of nitrogens with one attached hydrogen (secondary N) is 1. The van der Waals surface area contributed by atoms with Gasteiger partial charge in [0.25, 0.3) is 0 Å². The molecule has 34 heavy (non-hydrogen) atoms. The van der Waals surface area contributed by atoms with E-state index < -0.39 is 30.3 Å². The summed E-state index contributed by atoms with van der Waals surface area (Å²) < 4.78 is 39.7. The first-order valence-corrected chi connectivity index (χ1v) is 11.3. The molecule has 1 spiro atoms. The van der Waals surface area contributed by atoms with Crippen LogP contribution in [0.25, 0.3) is 0 Å². The molecule has 0 bridgehead atoms. The Bertz CT molecular complexity index is 988. The molecule has 2 fully saturated rings. The minimum Gasteiger partial charge on any atom is -0.336 e. The standard InChI is InChI=1S/C25H29F3N2O4/c1-4-5-18-12-16(2)21(17(3)13-18)22-19(31)14-24(15-20(22)32)6-9-30(10-7-24)23(33)29-8-11-34-25(26,27)28/h12-13,22H,6-11,14-15H2,1-3H3,(H,29,33). The molecule has 6 nitrogen and oxygen atoms in total. The highest BCUT2D eigenvalue weighted by atomic mass is 19.4. The highest BCUT2D eigenvalue weighted by molar-refractivity contribution is 6.10. The Morgan fingerprint density at radius 2 is 1.71 bits per heavy atom. The van der Waals surface area contributed by atoms with Gasteiger partial charge in [0, 0.05) is 38.0 Å². The van der Waals surface area contributed by atoms with Gasteiger partial charge in [-0.3, -0.25) is 14.3 Å². The van der Waals surface area contributed by atoms with Crippen LogP contribution in [0.5, 0.6) is 0 Å². The van der Waals surface area contributed by atoms with E-state index in [-0.39, 0.29) is 31.0 Å². The van der Waals surface area contributed by atoms with E-state index in [1.54, 1.807) is 6.92 Å². The quantitative estimate of drug-likeness (QED) is 0.403. The molecule has 1 aliphatic carbocycles. The number of piperidine rings is 1. The second kappa shape index (κ2) is 10.2. The van der Waals surface area contributed by atoms with E-state index in [1.165, 1.54) is 4.90 Å². The van der Waals surface area contributed by atoms with Crippen LogP contribution in [0, 0.1) is 31.1 Å². The van der Waals surface area contributed by atoms with Crippen molar-refractivity contribution in [2.24, 2.45) is 5.41 Å². The van der Waals surface area contributed by atoms with Crippen LogP contribution in [-0.2, 0) is 14.3 Å². The van der Waals surface area contributed by atoms with Crippen molar-refractivity contribution in [2.75, 3.05) is 26.2 Å². The van der Waals surface area contributed by atoms with Gasteiger partial charge in [-0.15, -0.1) is 19.1 Å². The van der Waals surface area contributed by atoms with Gasteiger partial charge in [0.05, 0.1) is 6.61 Å². The molecule has 2 aliphatic rings. The number of likely N-dealkylation sites (tertiary alicyclic amines) is 1. The molecule has 2 amide bonds. The van der Waals surface area contributed by atoms with E-state index in [4.69, 9.17) is 0 Å². The second-order valence-electron chi connectivity index (χ2n) is 9.13. The number of rotatable bonds is 4. The Hall–Kier alpha value is -2.86. The first-order chi connectivity index (χ1) is 15.9. The molecule has 9 heteroatoms. The number of carbonyl (C=O) groups is 3. The zero-order valence-corrected chi connectivity index (χ0v) is 19.6. The van der Waals surface area contributed by atoms with Gasteiger partial charge < -0.3 is 10.2 Å². The molecule has 1 aliphatic heterocycles. The summed E-state index contributed by atoms with van der Waals surface area (Å²) >= 11 is 0. The number of amides is 2. The number of benzene rings is 1. The molecule has 3 rings (SSSR count). The molecule has 1 saturated heterocycles. The first kappa shape index (κ1) is 25.8. The summed E-state index contributed by atoms with van der Waals surface area (Å²) in [5.41, 5.74) is 2.90. The summed E-state index contributed by atoms with van der Waals surface area (Å²) in [5.74, 6) is 4.90. The lowest BCUT2D eigenvalue weighted by Crippen LogP contribution is -2.51. The molecule has 1 heterocycles. The van der Waals surface area contributed by atoms with Crippen LogP contribution in [0.1, 0.15) is 60.8 Å². The number of carbonyl (C=O) groups excluding carboxylic acids is 3. The van der Waals surface area contributed by atoms with Crippen LogP contribution in [-0.4, -0.2) is 55.1 Å². The fourth-order valence-corrected chi connectivity index (χ4v) is 5.13. The van der Waals surface area contributed by atoms with Crippen molar-refractivity contribution in [1.82, 2.24) is 10.2 Å². The number of ketones is 2. The summed E-state index contributed by atoms with van der Waals surface area (Å²) in [7, 11) is 0. The van der Waals surface area contributed by atoms with E-state index in [0.29, 0.717) is 25.9 Å². The lowest BCUT2D eigenvalue weighted by molar-refractivity contribution is -0.323. The molecular weight excluding hydrogens is 449 g/mol. The number of Topliss-reactive ketones (excluding diaryl/α,β-unsaturated/α-hetero) is 2. The summed E-state index contributed by atoms with van der Waals surface area (Å²) in [6, 6.07) is 3.33. The Balaban J connectivity index is 1.61. The Morgan fingerprint density at radius 3 is 2.21 bits per heavy atom. The van der Waals surface area contributed by atoms with Crippen LogP contribution >= 0.6 is 0 Å². The molecule has 184 valence electrons. The first-order valence-electron chi connectivity index (χ1n) is 11.3. The number of hydrogen-bond donors (Lipinski definition) is 1. The average Bonchev–Trinajstić information content (AvgIpc) is 2.72. The smallest absolute Gasteiger partial charge is 0.336 e. The third kappa shape index (κ3) is 5.98. The van der Waals surface area contributed by atoms with Crippen LogP contribution in [0.15, 0.2) is 12.1 Å². The minimum atomic E-state index is -4.73. The van der Waals surface area contributed by atoms with E-state index in [9.17, 15) is 27.6 Å². The van der Waals surface area contributed by atoms with Gasteiger partial charge in [-0.2, -0.15) is 0 Å². The molecule has 1 aromatic rings. The topological polar surface area (TPSA) is 75.7 Å². The molecule has 1 aromatic carbocycles. The highest BCUT2D eigenvalue weighted by Crippen LogP contribution is 2.46. The monoisotopic (exact) mass is 478 g/mol. The highest BCUT2D eigenvalue weighted by Gasteiger charge is 2.47. The fourth-order valence-electron chi connectivity index (χ4n) is 5.13. The van der Waals surface area contributed by atoms with E-state index in [2.05, 4.69) is 21.9 Å². The van der Waals surface area contributed by atoms with Crippen molar-refractivity contribution in [3.63, 3.8) is 0 Å². The summed E-state index contributed by atoms with van der Waals surface area (Å²) in [6.45, 7) is 5.28. The number of urea groups is 1. The number of nitrogens with zero attached hydrogens (tertiary/aromatic N) is 1. The predicted molar refractivity (Wildman–Crippen MR) is 119 cm³/mol. The maximum atomic E-state index is 13.2. The van der Waals surface area contributed by atoms with Gasteiger partial charge in [0.15, 0.2) is 0 Å². The van der Waals surface area contributed by atoms with Gasteiger partial charge in [0.2, 0.25) is 0 Å². The molecule has 0 radical (unpaired) electrons. The number of alkyl halides is 3. The summed E-state index contributed by atoms with van der Waals surface area (Å²) in [6.07, 6.45) is -3.20. The molecule has 0 unspecified atom stereocenters.